The molecule has 6 heteroatoms. The number of benzene rings is 6. The van der Waals surface area contributed by atoms with Crippen molar-refractivity contribution in [3.05, 3.63) is 208 Å². The van der Waals surface area contributed by atoms with Gasteiger partial charge >= 0.3 is 5.97 Å². The molecule has 0 fully saturated rings. The third-order valence-electron chi connectivity index (χ3n) is 13.5. The van der Waals surface area contributed by atoms with E-state index in [-0.39, 0.29) is 24.2 Å². The molecule has 0 spiro atoms. The van der Waals surface area contributed by atoms with Gasteiger partial charge in [-0.05, 0) is 175 Å². The van der Waals surface area contributed by atoms with Gasteiger partial charge < -0.3 is 21.9 Å². The molecule has 0 aromatic heterocycles. The third-order valence-corrected chi connectivity index (χ3v) is 13.5. The molecular formula is C56H68N4O2. The van der Waals surface area contributed by atoms with Gasteiger partial charge in [-0.1, -0.05) is 119 Å². The van der Waals surface area contributed by atoms with E-state index in [2.05, 4.69) is 140 Å². The number of carbonyl (C=O) groups is 1. The quantitative estimate of drug-likeness (QED) is 0.128. The van der Waals surface area contributed by atoms with Crippen LogP contribution in [0.25, 0.3) is 0 Å². The van der Waals surface area contributed by atoms with Crippen LogP contribution in [0.15, 0.2) is 102 Å². The number of nitrogens with zero attached hydrogens (tertiary/aromatic N) is 1. The Kier molecular flexibility index (Phi) is 15.2. The number of aryl methyl sites for hydroxylation is 4. The fourth-order valence-electron chi connectivity index (χ4n) is 8.35. The fourth-order valence-corrected chi connectivity index (χ4v) is 8.35. The molecule has 0 saturated carbocycles. The molecule has 0 saturated heterocycles. The standard InChI is InChI=1S/C28H32N2.C16H20N2.C12H16O2/c1-16-8-12-23(13-9-16)26-27(24-14-10-17(2)11-15-24)30-28(29-26)25-21(6)19(4)18(3)20(5)22(25)7;1-11-3-7-13(8-4-11)15(17)16(18)14-9-5-12(2)6-10-14;1-6-7(2)9(4)11(12(13)14)10(5)8(6)3/h8-15,26-27H,1-7H3,(H,29,30);3-10,15-16H,17-18H2,1-2H3;1-5H3,(H,13,14)/t26-,27+;15-,16+;. The summed E-state index contributed by atoms with van der Waals surface area (Å²) in [6, 6.07) is 34.0. The molecule has 6 aromatic rings. The Morgan fingerprint density at radius 3 is 1.13 bits per heavy atom. The zero-order chi connectivity index (χ0) is 45.7. The number of carboxylic acid groups (broad SMARTS) is 1. The molecule has 0 aliphatic carbocycles. The summed E-state index contributed by atoms with van der Waals surface area (Å²) in [5.74, 6) is 0.193. The lowest BCUT2D eigenvalue weighted by Gasteiger charge is -2.22. The Hall–Kier alpha value is -5.82. The Morgan fingerprint density at radius 1 is 0.468 bits per heavy atom. The van der Waals surface area contributed by atoms with Crippen molar-refractivity contribution >= 4 is 11.8 Å². The molecule has 6 nitrogen and oxygen atoms in total. The highest BCUT2D eigenvalue weighted by Gasteiger charge is 2.33. The Balaban J connectivity index is 0.000000193. The van der Waals surface area contributed by atoms with Crippen LogP contribution in [0.1, 0.15) is 140 Å². The number of nitrogens with one attached hydrogen (secondary N) is 1. The summed E-state index contributed by atoms with van der Waals surface area (Å²) in [7, 11) is 0. The summed E-state index contributed by atoms with van der Waals surface area (Å²) in [6.45, 7) is 29.3. The third kappa shape index (κ3) is 10.3. The minimum absolute atomic E-state index is 0.0593. The number of aliphatic imine (C=N–C) groups is 1. The van der Waals surface area contributed by atoms with E-state index < -0.39 is 5.97 Å². The van der Waals surface area contributed by atoms with Crippen molar-refractivity contribution < 1.29 is 9.90 Å². The van der Waals surface area contributed by atoms with Gasteiger partial charge in [-0.25, -0.2) is 4.79 Å². The second kappa shape index (κ2) is 19.9. The van der Waals surface area contributed by atoms with Crippen LogP contribution in [0.4, 0.5) is 0 Å². The second-order valence-electron chi connectivity index (χ2n) is 17.5. The SMILES string of the molecule is Cc1c(C)c(C)c(C(=O)O)c(C)c1C.Cc1ccc([C@@H](N)[C@@H](N)c2ccc(C)cc2)cc1.Cc1ccc([C@H]2N=C(c3c(C)c(C)c(C)c(C)c3C)N[C@H]2c2ccc(C)cc2)cc1. The molecule has 6 aromatic carbocycles. The highest BCUT2D eigenvalue weighted by Crippen LogP contribution is 2.39. The average molecular weight is 829 g/mol. The van der Waals surface area contributed by atoms with Crippen LogP contribution in [0.3, 0.4) is 0 Å². The minimum Gasteiger partial charge on any atom is -0.478 e. The molecule has 1 heterocycles. The largest absolute Gasteiger partial charge is 0.478 e. The maximum absolute atomic E-state index is 11.1. The van der Waals surface area contributed by atoms with Crippen LogP contribution in [-0.4, -0.2) is 16.9 Å². The van der Waals surface area contributed by atoms with E-state index in [4.69, 9.17) is 21.6 Å². The first-order valence-corrected chi connectivity index (χ1v) is 21.7. The van der Waals surface area contributed by atoms with Crippen LogP contribution < -0.4 is 16.8 Å². The lowest BCUT2D eigenvalue weighted by Crippen LogP contribution is -2.27. The first kappa shape index (κ1) is 47.2. The molecule has 1 aliphatic rings. The first-order chi connectivity index (χ1) is 29.2. The van der Waals surface area contributed by atoms with E-state index in [1.165, 1.54) is 72.3 Å². The molecule has 0 bridgehead atoms. The van der Waals surface area contributed by atoms with Crippen molar-refractivity contribution in [2.24, 2.45) is 16.5 Å². The summed E-state index contributed by atoms with van der Waals surface area (Å²) in [5.41, 5.74) is 35.8. The van der Waals surface area contributed by atoms with Gasteiger partial charge in [0.2, 0.25) is 0 Å². The van der Waals surface area contributed by atoms with Crippen molar-refractivity contribution in [2.45, 2.75) is 121 Å². The number of aromatic carboxylic acids is 1. The molecule has 1 aliphatic heterocycles. The highest BCUT2D eigenvalue weighted by molar-refractivity contribution is 6.03. The zero-order valence-electron chi connectivity index (χ0n) is 39.5. The number of amidine groups is 1. The van der Waals surface area contributed by atoms with E-state index in [1.807, 2.05) is 58.9 Å². The van der Waals surface area contributed by atoms with Crippen molar-refractivity contribution in [3.63, 3.8) is 0 Å². The molecule has 324 valence electrons. The van der Waals surface area contributed by atoms with Gasteiger partial charge in [-0.3, -0.25) is 4.99 Å². The number of rotatable bonds is 7. The Labute approximate surface area is 371 Å². The molecular weight excluding hydrogens is 761 g/mol. The summed E-state index contributed by atoms with van der Waals surface area (Å²) < 4.78 is 0. The molecule has 4 atom stereocenters. The summed E-state index contributed by atoms with van der Waals surface area (Å²) >= 11 is 0. The smallest absolute Gasteiger partial charge is 0.336 e. The average Bonchev–Trinajstić information content (AvgIpc) is 3.69. The number of nitrogens with two attached hydrogens (primary N) is 2. The summed E-state index contributed by atoms with van der Waals surface area (Å²) in [6.07, 6.45) is 0. The lowest BCUT2D eigenvalue weighted by atomic mass is 9.89. The molecule has 7 rings (SSSR count). The van der Waals surface area contributed by atoms with Crippen LogP contribution in [-0.2, 0) is 0 Å². The Morgan fingerprint density at radius 2 is 0.774 bits per heavy atom. The zero-order valence-corrected chi connectivity index (χ0v) is 39.5. The van der Waals surface area contributed by atoms with Crippen LogP contribution >= 0.6 is 0 Å². The van der Waals surface area contributed by atoms with Gasteiger partial charge in [0, 0.05) is 17.6 Å². The lowest BCUT2D eigenvalue weighted by molar-refractivity contribution is 0.0695. The van der Waals surface area contributed by atoms with Crippen molar-refractivity contribution in [1.82, 2.24) is 5.32 Å². The molecule has 0 amide bonds. The highest BCUT2D eigenvalue weighted by atomic mass is 16.4. The van der Waals surface area contributed by atoms with Crippen molar-refractivity contribution in [3.8, 4) is 0 Å². The molecule has 62 heavy (non-hydrogen) atoms. The molecule has 0 radical (unpaired) electrons. The topological polar surface area (TPSA) is 114 Å². The number of carboxylic acids is 1. The normalized spacial score (nSPS) is 15.3. The molecule has 6 N–H and O–H groups in total. The first-order valence-electron chi connectivity index (χ1n) is 21.7. The predicted octanol–water partition coefficient (Wildman–Crippen LogP) is 12.6. The van der Waals surface area contributed by atoms with Crippen LogP contribution in [0.2, 0.25) is 0 Å². The van der Waals surface area contributed by atoms with Crippen molar-refractivity contribution in [1.29, 1.82) is 0 Å². The van der Waals surface area contributed by atoms with E-state index in [9.17, 15) is 4.79 Å². The fraction of sp³-hybridized carbons (Fsp3) is 0.321. The second-order valence-corrected chi connectivity index (χ2v) is 17.5. The predicted molar refractivity (Wildman–Crippen MR) is 261 cm³/mol. The minimum atomic E-state index is -0.828. The monoisotopic (exact) mass is 829 g/mol. The van der Waals surface area contributed by atoms with Crippen molar-refractivity contribution in [2.75, 3.05) is 0 Å². The van der Waals surface area contributed by atoms with E-state index in [0.717, 1.165) is 39.2 Å². The summed E-state index contributed by atoms with van der Waals surface area (Å²) in [5, 5.41) is 12.9. The van der Waals surface area contributed by atoms with Gasteiger partial charge in [0.05, 0.1) is 11.6 Å². The Bertz CT molecular complexity index is 2460. The summed E-state index contributed by atoms with van der Waals surface area (Å²) in [4.78, 5) is 16.3. The maximum atomic E-state index is 11.1. The van der Waals surface area contributed by atoms with E-state index >= 15 is 0 Å². The maximum Gasteiger partial charge on any atom is 0.336 e. The van der Waals surface area contributed by atoms with Gasteiger partial charge in [-0.2, -0.15) is 0 Å². The molecule has 0 unspecified atom stereocenters. The van der Waals surface area contributed by atoms with Gasteiger partial charge in [-0.15, -0.1) is 0 Å². The van der Waals surface area contributed by atoms with Crippen LogP contribution in [0.5, 0.6) is 0 Å². The number of hydrogen-bond donors (Lipinski definition) is 4. The number of hydrogen-bond acceptors (Lipinski definition) is 5. The van der Waals surface area contributed by atoms with Gasteiger partial charge in [0.15, 0.2) is 0 Å². The van der Waals surface area contributed by atoms with Gasteiger partial charge in [0.1, 0.15) is 11.9 Å². The van der Waals surface area contributed by atoms with Crippen LogP contribution in [0, 0.1) is 96.9 Å². The van der Waals surface area contributed by atoms with Gasteiger partial charge in [0.25, 0.3) is 0 Å². The van der Waals surface area contributed by atoms with E-state index in [0.29, 0.717) is 5.56 Å². The van der Waals surface area contributed by atoms with E-state index in [1.54, 1.807) is 0 Å².